The molecular formula is C24H25N5O4. The third kappa shape index (κ3) is 4.62. The van der Waals surface area contributed by atoms with Crippen molar-refractivity contribution in [2.45, 2.75) is 25.8 Å². The number of pyridine rings is 2. The van der Waals surface area contributed by atoms with Gasteiger partial charge in [-0.15, -0.1) is 0 Å². The number of ether oxygens (including phenoxy) is 1. The lowest BCUT2D eigenvalue weighted by Gasteiger charge is -2.38. The first-order chi connectivity index (χ1) is 15.9. The van der Waals surface area contributed by atoms with Crippen molar-refractivity contribution in [2.24, 2.45) is 11.7 Å². The van der Waals surface area contributed by atoms with E-state index in [9.17, 15) is 14.4 Å². The molecule has 0 spiro atoms. The zero-order chi connectivity index (χ0) is 23.5. The number of nitrogens with one attached hydrogen (secondary N) is 1. The number of hydrogen-bond acceptors (Lipinski definition) is 6. The van der Waals surface area contributed by atoms with Crippen molar-refractivity contribution in [2.75, 3.05) is 19.0 Å². The molecule has 2 atom stereocenters. The molecule has 9 nitrogen and oxygen atoms in total. The molecular weight excluding hydrogens is 422 g/mol. The first-order valence-electron chi connectivity index (χ1n) is 10.7. The Morgan fingerprint density at radius 3 is 2.70 bits per heavy atom. The van der Waals surface area contributed by atoms with Crippen LogP contribution in [0.5, 0.6) is 5.88 Å². The van der Waals surface area contributed by atoms with Crippen LogP contribution in [-0.2, 0) is 9.59 Å². The minimum absolute atomic E-state index is 0.0119. The second-order valence-corrected chi connectivity index (χ2v) is 8.24. The molecule has 1 aliphatic heterocycles. The summed E-state index contributed by atoms with van der Waals surface area (Å²) in [7, 11) is 1.36. The Morgan fingerprint density at radius 2 is 1.94 bits per heavy atom. The van der Waals surface area contributed by atoms with Gasteiger partial charge >= 0.3 is 11.8 Å². The quantitative estimate of drug-likeness (QED) is 0.592. The molecule has 0 bridgehead atoms. The number of carbonyl (C=O) groups is 3. The Bertz CT molecular complexity index is 1230. The number of benzene rings is 1. The number of primary amides is 1. The fourth-order valence-corrected chi connectivity index (χ4v) is 4.21. The highest BCUT2D eigenvalue weighted by atomic mass is 16.5. The van der Waals surface area contributed by atoms with E-state index in [1.165, 1.54) is 19.4 Å². The Kier molecular flexibility index (Phi) is 6.21. The summed E-state index contributed by atoms with van der Waals surface area (Å²) in [5.74, 6) is -1.88. The molecule has 9 heteroatoms. The van der Waals surface area contributed by atoms with E-state index in [-0.39, 0.29) is 29.1 Å². The van der Waals surface area contributed by atoms with Crippen LogP contribution in [0.3, 0.4) is 0 Å². The molecule has 0 unspecified atom stereocenters. The number of nitrogens with zero attached hydrogens (tertiary/aromatic N) is 3. The molecule has 3 aromatic rings. The van der Waals surface area contributed by atoms with Gasteiger partial charge in [-0.1, -0.05) is 19.1 Å². The predicted octanol–water partition coefficient (Wildman–Crippen LogP) is 2.68. The molecule has 170 valence electrons. The number of piperidine rings is 1. The normalized spacial score (nSPS) is 18.1. The second-order valence-electron chi connectivity index (χ2n) is 8.24. The lowest BCUT2D eigenvalue weighted by molar-refractivity contribution is -0.146. The van der Waals surface area contributed by atoms with Gasteiger partial charge in [-0.2, -0.15) is 0 Å². The van der Waals surface area contributed by atoms with Crippen molar-refractivity contribution in [3.63, 3.8) is 0 Å². The highest BCUT2D eigenvalue weighted by Crippen LogP contribution is 2.34. The number of fused-ring (bicyclic) bond motifs is 1. The van der Waals surface area contributed by atoms with Gasteiger partial charge in [0.25, 0.3) is 5.91 Å². The number of anilines is 1. The van der Waals surface area contributed by atoms with Gasteiger partial charge in [0.15, 0.2) is 0 Å². The topological polar surface area (TPSA) is 128 Å². The number of aromatic nitrogens is 2. The maximum atomic E-state index is 13.2. The Balaban J connectivity index is 1.58. The molecule has 3 N–H and O–H groups in total. The summed E-state index contributed by atoms with van der Waals surface area (Å²) in [5, 5.41) is 4.58. The van der Waals surface area contributed by atoms with Gasteiger partial charge in [0.05, 0.1) is 25.0 Å². The molecule has 1 saturated heterocycles. The van der Waals surface area contributed by atoms with Crippen LogP contribution < -0.4 is 15.8 Å². The highest BCUT2D eigenvalue weighted by molar-refractivity contribution is 6.39. The smallest absolute Gasteiger partial charge is 0.313 e. The van der Waals surface area contributed by atoms with Crippen molar-refractivity contribution in [3.05, 3.63) is 60.0 Å². The van der Waals surface area contributed by atoms with Crippen molar-refractivity contribution in [1.29, 1.82) is 0 Å². The average Bonchev–Trinajstić information content (AvgIpc) is 2.83. The number of carbonyl (C=O) groups excluding carboxylic acids is 3. The first-order valence-corrected chi connectivity index (χ1v) is 10.7. The Morgan fingerprint density at radius 1 is 1.12 bits per heavy atom. The van der Waals surface area contributed by atoms with Crippen molar-refractivity contribution in [1.82, 2.24) is 14.9 Å². The summed E-state index contributed by atoms with van der Waals surface area (Å²) in [6, 6.07) is 9.06. The van der Waals surface area contributed by atoms with Gasteiger partial charge < -0.3 is 20.7 Å². The number of hydrogen-bond donors (Lipinski definition) is 2. The molecule has 0 saturated carbocycles. The van der Waals surface area contributed by atoms with E-state index < -0.39 is 17.7 Å². The van der Waals surface area contributed by atoms with Gasteiger partial charge in [0.2, 0.25) is 5.88 Å². The largest absolute Gasteiger partial charge is 0.480 e. The number of rotatable bonds is 4. The third-order valence-corrected chi connectivity index (χ3v) is 5.89. The molecule has 1 aromatic carbocycles. The van der Waals surface area contributed by atoms with Gasteiger partial charge in [-0.25, -0.2) is 4.98 Å². The SMILES string of the molecule is COc1ncc(NC(=O)C(=O)N2C[C@@H](C)CC[C@@H]2c2ccc3cnccc3c2)cc1C(N)=O. The number of nitrogens with two attached hydrogens (primary N) is 1. The summed E-state index contributed by atoms with van der Waals surface area (Å²) in [4.78, 5) is 47.4. The molecule has 1 aliphatic rings. The van der Waals surface area contributed by atoms with Crippen LogP contribution in [-0.4, -0.2) is 46.2 Å². The van der Waals surface area contributed by atoms with E-state index in [0.717, 1.165) is 29.2 Å². The summed E-state index contributed by atoms with van der Waals surface area (Å²) < 4.78 is 5.01. The van der Waals surface area contributed by atoms with Crippen molar-refractivity contribution < 1.29 is 19.1 Å². The first kappa shape index (κ1) is 22.2. The lowest BCUT2D eigenvalue weighted by atomic mass is 9.89. The van der Waals surface area contributed by atoms with E-state index in [1.807, 2.05) is 24.3 Å². The van der Waals surface area contributed by atoms with Crippen LogP contribution in [0.2, 0.25) is 0 Å². The van der Waals surface area contributed by atoms with Crippen LogP contribution >= 0.6 is 0 Å². The number of likely N-dealkylation sites (tertiary alicyclic amines) is 1. The van der Waals surface area contributed by atoms with E-state index in [1.54, 1.807) is 17.3 Å². The minimum atomic E-state index is -0.804. The Labute approximate surface area is 191 Å². The molecule has 2 aromatic heterocycles. The molecule has 0 aliphatic carbocycles. The van der Waals surface area contributed by atoms with E-state index in [0.29, 0.717) is 6.54 Å². The summed E-state index contributed by atoms with van der Waals surface area (Å²) >= 11 is 0. The Hall–Kier alpha value is -4.01. The molecule has 0 radical (unpaired) electrons. The van der Waals surface area contributed by atoms with Crippen LogP contribution in [0, 0.1) is 5.92 Å². The van der Waals surface area contributed by atoms with Gasteiger partial charge in [0.1, 0.15) is 5.56 Å². The fraction of sp³-hybridized carbons (Fsp3) is 0.292. The van der Waals surface area contributed by atoms with E-state index >= 15 is 0 Å². The molecule has 33 heavy (non-hydrogen) atoms. The second kappa shape index (κ2) is 9.23. The highest BCUT2D eigenvalue weighted by Gasteiger charge is 2.34. The average molecular weight is 447 g/mol. The van der Waals surface area contributed by atoms with Crippen LogP contribution in [0.4, 0.5) is 5.69 Å². The monoisotopic (exact) mass is 447 g/mol. The summed E-state index contributed by atoms with van der Waals surface area (Å²) in [6.07, 6.45) is 6.54. The zero-order valence-electron chi connectivity index (χ0n) is 18.4. The zero-order valence-corrected chi connectivity index (χ0v) is 18.4. The van der Waals surface area contributed by atoms with Gasteiger partial charge in [0, 0.05) is 24.3 Å². The maximum Gasteiger partial charge on any atom is 0.313 e. The van der Waals surface area contributed by atoms with Crippen LogP contribution in [0.25, 0.3) is 10.8 Å². The van der Waals surface area contributed by atoms with Gasteiger partial charge in [-0.3, -0.25) is 19.4 Å². The number of methoxy groups -OCH3 is 1. The molecule has 4 rings (SSSR count). The van der Waals surface area contributed by atoms with Crippen LogP contribution in [0.15, 0.2) is 48.9 Å². The molecule has 3 heterocycles. The molecule has 1 fully saturated rings. The standard InChI is InChI=1S/C24H25N5O4/c1-14-3-6-20(16-4-5-17-11-26-8-7-15(17)9-16)29(13-14)24(32)22(31)28-18-10-19(21(25)30)23(33-2)27-12-18/h4-5,7-12,14,20H,3,6,13H2,1-2H3,(H2,25,30)(H,28,31)/t14-,20+/m0/s1. The lowest BCUT2D eigenvalue weighted by Crippen LogP contribution is -2.46. The fourth-order valence-electron chi connectivity index (χ4n) is 4.21. The molecule has 3 amide bonds. The summed E-state index contributed by atoms with van der Waals surface area (Å²) in [5.41, 5.74) is 6.52. The van der Waals surface area contributed by atoms with Crippen molar-refractivity contribution in [3.8, 4) is 5.88 Å². The van der Waals surface area contributed by atoms with Crippen LogP contribution in [0.1, 0.15) is 41.7 Å². The van der Waals surface area contributed by atoms with Gasteiger partial charge in [-0.05, 0) is 47.9 Å². The maximum absolute atomic E-state index is 13.2. The number of amides is 3. The van der Waals surface area contributed by atoms with E-state index in [4.69, 9.17) is 10.5 Å². The third-order valence-electron chi connectivity index (χ3n) is 5.89. The predicted molar refractivity (Wildman–Crippen MR) is 123 cm³/mol. The van der Waals surface area contributed by atoms with Crippen molar-refractivity contribution >= 4 is 34.2 Å². The van der Waals surface area contributed by atoms with E-state index in [2.05, 4.69) is 22.2 Å². The summed E-state index contributed by atoms with van der Waals surface area (Å²) in [6.45, 7) is 2.53. The minimum Gasteiger partial charge on any atom is -0.480 e.